The zero-order valence-corrected chi connectivity index (χ0v) is 10.4. The Morgan fingerprint density at radius 2 is 2.37 bits per heavy atom. The van der Waals surface area contributed by atoms with Gasteiger partial charge in [0.15, 0.2) is 11.9 Å². The second-order valence-electron chi connectivity index (χ2n) is 4.15. The smallest absolute Gasteiger partial charge is 0.347 e. The number of rotatable bonds is 5. The third-order valence-electron chi connectivity index (χ3n) is 2.76. The average molecular weight is 266 g/mol. The van der Waals surface area contributed by atoms with Crippen molar-refractivity contribution in [3.8, 4) is 5.75 Å². The zero-order chi connectivity index (χ0) is 13.8. The van der Waals surface area contributed by atoms with Gasteiger partial charge in [0.2, 0.25) is 0 Å². The van der Waals surface area contributed by atoms with E-state index >= 15 is 0 Å². The van der Waals surface area contributed by atoms with Gasteiger partial charge in [0.1, 0.15) is 0 Å². The SMILES string of the molecule is CNCc1ccc(OC2CCOC2=O)c([N+](=O)[O-])c1. The summed E-state index contributed by atoms with van der Waals surface area (Å²) in [4.78, 5) is 21.8. The molecule has 1 unspecified atom stereocenters. The molecule has 0 bridgehead atoms. The normalized spacial score (nSPS) is 18.2. The number of ether oxygens (including phenoxy) is 2. The summed E-state index contributed by atoms with van der Waals surface area (Å²) in [6, 6.07) is 4.67. The van der Waals surface area contributed by atoms with Crippen LogP contribution in [0.3, 0.4) is 0 Å². The van der Waals surface area contributed by atoms with Crippen LogP contribution in [0.2, 0.25) is 0 Å². The van der Waals surface area contributed by atoms with Gasteiger partial charge in [-0.3, -0.25) is 10.1 Å². The Morgan fingerprint density at radius 3 is 2.95 bits per heavy atom. The highest BCUT2D eigenvalue weighted by Crippen LogP contribution is 2.30. The highest BCUT2D eigenvalue weighted by molar-refractivity contribution is 5.77. The van der Waals surface area contributed by atoms with E-state index in [0.29, 0.717) is 13.0 Å². The van der Waals surface area contributed by atoms with Gasteiger partial charge in [-0.15, -0.1) is 0 Å². The standard InChI is InChI=1S/C12H14N2O5/c1-13-7-8-2-3-10(9(6-8)14(16)17)19-11-4-5-18-12(11)15/h2-3,6,11,13H,4-5,7H2,1H3. The summed E-state index contributed by atoms with van der Waals surface area (Å²) in [6.45, 7) is 0.807. The Kier molecular flexibility index (Phi) is 3.96. The minimum absolute atomic E-state index is 0.0914. The second-order valence-corrected chi connectivity index (χ2v) is 4.15. The maximum Gasteiger partial charge on any atom is 0.347 e. The number of carbonyl (C=O) groups is 1. The van der Waals surface area contributed by atoms with Crippen LogP contribution < -0.4 is 10.1 Å². The van der Waals surface area contributed by atoms with Gasteiger partial charge in [-0.25, -0.2) is 4.79 Å². The maximum absolute atomic E-state index is 11.3. The van der Waals surface area contributed by atoms with E-state index in [1.165, 1.54) is 12.1 Å². The molecular formula is C12H14N2O5. The van der Waals surface area contributed by atoms with Gasteiger partial charge in [0, 0.05) is 19.0 Å². The molecule has 1 atom stereocenters. The van der Waals surface area contributed by atoms with Crippen LogP contribution in [0.25, 0.3) is 0 Å². The van der Waals surface area contributed by atoms with Crippen molar-refractivity contribution in [2.75, 3.05) is 13.7 Å². The molecule has 0 aliphatic carbocycles. The molecule has 7 heteroatoms. The number of nitrogens with one attached hydrogen (secondary N) is 1. The van der Waals surface area contributed by atoms with Crippen LogP contribution in [0.1, 0.15) is 12.0 Å². The highest BCUT2D eigenvalue weighted by atomic mass is 16.6. The number of benzene rings is 1. The lowest BCUT2D eigenvalue weighted by Gasteiger charge is -2.11. The fourth-order valence-corrected chi connectivity index (χ4v) is 1.86. The molecule has 1 fully saturated rings. The van der Waals surface area contributed by atoms with Crippen molar-refractivity contribution in [2.24, 2.45) is 0 Å². The average Bonchev–Trinajstić information content (AvgIpc) is 2.77. The van der Waals surface area contributed by atoms with Crippen LogP contribution in [0.5, 0.6) is 5.75 Å². The predicted octanol–water partition coefficient (Wildman–Crippen LogP) is 1.01. The Morgan fingerprint density at radius 1 is 1.58 bits per heavy atom. The topological polar surface area (TPSA) is 90.7 Å². The van der Waals surface area contributed by atoms with E-state index in [9.17, 15) is 14.9 Å². The fraction of sp³-hybridized carbons (Fsp3) is 0.417. The summed E-state index contributed by atoms with van der Waals surface area (Å²) in [6.07, 6.45) is -0.345. The maximum atomic E-state index is 11.3. The molecule has 1 N–H and O–H groups in total. The molecule has 102 valence electrons. The molecule has 1 heterocycles. The van der Waals surface area contributed by atoms with Crippen molar-refractivity contribution in [1.82, 2.24) is 5.32 Å². The van der Waals surface area contributed by atoms with Gasteiger partial charge >= 0.3 is 11.7 Å². The van der Waals surface area contributed by atoms with Crippen molar-refractivity contribution in [1.29, 1.82) is 0 Å². The van der Waals surface area contributed by atoms with Crippen molar-refractivity contribution < 1.29 is 19.2 Å². The van der Waals surface area contributed by atoms with Crippen LogP contribution in [-0.4, -0.2) is 30.7 Å². The summed E-state index contributed by atoms with van der Waals surface area (Å²) in [5.41, 5.74) is 0.628. The Hall–Kier alpha value is -2.15. The molecule has 0 radical (unpaired) electrons. The van der Waals surface area contributed by atoms with Gasteiger partial charge in [-0.1, -0.05) is 6.07 Å². The molecule has 0 amide bonds. The van der Waals surface area contributed by atoms with E-state index in [1.54, 1.807) is 13.1 Å². The summed E-state index contributed by atoms with van der Waals surface area (Å²) in [5, 5.41) is 13.9. The molecule has 2 rings (SSSR count). The van der Waals surface area contributed by atoms with Crippen LogP contribution in [0.15, 0.2) is 18.2 Å². The van der Waals surface area contributed by atoms with Gasteiger partial charge < -0.3 is 14.8 Å². The molecular weight excluding hydrogens is 252 g/mol. The molecule has 0 aromatic heterocycles. The summed E-state index contributed by atoms with van der Waals surface area (Å²) in [5.74, 6) is -0.387. The number of hydrogen-bond donors (Lipinski definition) is 1. The third-order valence-corrected chi connectivity index (χ3v) is 2.76. The van der Waals surface area contributed by atoms with E-state index < -0.39 is 17.0 Å². The highest BCUT2D eigenvalue weighted by Gasteiger charge is 2.30. The Labute approximate surface area is 109 Å². The monoisotopic (exact) mass is 266 g/mol. The predicted molar refractivity (Wildman–Crippen MR) is 65.9 cm³/mol. The molecule has 1 aliphatic rings. The largest absolute Gasteiger partial charge is 0.471 e. The number of esters is 1. The Balaban J connectivity index is 2.23. The van der Waals surface area contributed by atoms with Gasteiger partial charge in [-0.05, 0) is 18.7 Å². The van der Waals surface area contributed by atoms with E-state index in [-0.39, 0.29) is 18.0 Å². The molecule has 0 spiro atoms. The fourth-order valence-electron chi connectivity index (χ4n) is 1.86. The summed E-state index contributed by atoms with van der Waals surface area (Å²) in [7, 11) is 1.75. The van der Waals surface area contributed by atoms with E-state index in [0.717, 1.165) is 5.56 Å². The van der Waals surface area contributed by atoms with Crippen molar-refractivity contribution in [3.05, 3.63) is 33.9 Å². The van der Waals surface area contributed by atoms with E-state index in [1.807, 2.05) is 0 Å². The molecule has 1 aliphatic heterocycles. The number of hydrogen-bond acceptors (Lipinski definition) is 6. The number of nitro groups is 1. The zero-order valence-electron chi connectivity index (χ0n) is 10.4. The van der Waals surface area contributed by atoms with Crippen molar-refractivity contribution >= 4 is 11.7 Å². The molecule has 19 heavy (non-hydrogen) atoms. The minimum Gasteiger partial charge on any atom is -0.471 e. The molecule has 1 aromatic carbocycles. The van der Waals surface area contributed by atoms with Gasteiger partial charge in [0.25, 0.3) is 0 Å². The molecule has 1 aromatic rings. The number of cyclic esters (lactones) is 1. The van der Waals surface area contributed by atoms with Crippen LogP contribution in [0.4, 0.5) is 5.69 Å². The van der Waals surface area contributed by atoms with Gasteiger partial charge in [-0.2, -0.15) is 0 Å². The van der Waals surface area contributed by atoms with E-state index in [4.69, 9.17) is 9.47 Å². The third kappa shape index (κ3) is 3.00. The Bertz CT molecular complexity index is 503. The second kappa shape index (κ2) is 5.66. The van der Waals surface area contributed by atoms with Crippen molar-refractivity contribution in [2.45, 2.75) is 19.1 Å². The molecule has 1 saturated heterocycles. The number of nitrogens with zero attached hydrogens (tertiary/aromatic N) is 1. The van der Waals surface area contributed by atoms with E-state index in [2.05, 4.69) is 5.32 Å². The number of carbonyl (C=O) groups excluding carboxylic acids is 1. The first-order valence-electron chi connectivity index (χ1n) is 5.87. The molecule has 0 saturated carbocycles. The van der Waals surface area contributed by atoms with Crippen LogP contribution >= 0.6 is 0 Å². The lowest BCUT2D eigenvalue weighted by atomic mass is 10.2. The summed E-state index contributed by atoms with van der Waals surface area (Å²) >= 11 is 0. The minimum atomic E-state index is -0.756. The number of nitro benzene ring substituents is 1. The first-order chi connectivity index (χ1) is 9.11. The van der Waals surface area contributed by atoms with Crippen LogP contribution in [-0.2, 0) is 16.1 Å². The van der Waals surface area contributed by atoms with Crippen molar-refractivity contribution in [3.63, 3.8) is 0 Å². The first kappa shape index (κ1) is 13.3. The van der Waals surface area contributed by atoms with Gasteiger partial charge in [0.05, 0.1) is 11.5 Å². The summed E-state index contributed by atoms with van der Waals surface area (Å²) < 4.78 is 10.1. The first-order valence-corrected chi connectivity index (χ1v) is 5.87. The lowest BCUT2D eigenvalue weighted by Crippen LogP contribution is -2.22. The lowest BCUT2D eigenvalue weighted by molar-refractivity contribution is -0.386. The van der Waals surface area contributed by atoms with Crippen LogP contribution in [0, 0.1) is 10.1 Å². The molecule has 7 nitrogen and oxygen atoms in total. The quantitative estimate of drug-likeness (QED) is 0.486.